The van der Waals surface area contributed by atoms with Crippen LogP contribution in [0.2, 0.25) is 0 Å². The smallest absolute Gasteiger partial charge is 0.324 e. The lowest BCUT2D eigenvalue weighted by atomic mass is 10.1. The zero-order chi connectivity index (χ0) is 21.6. The Labute approximate surface area is 180 Å². The van der Waals surface area contributed by atoms with Gasteiger partial charge in [-0.05, 0) is 38.5 Å². The van der Waals surface area contributed by atoms with Gasteiger partial charge in [-0.1, -0.05) is 44.9 Å². The van der Waals surface area contributed by atoms with Gasteiger partial charge in [0.2, 0.25) is 17.7 Å². The predicted octanol–water partition coefficient (Wildman–Crippen LogP) is 4.15. The average molecular weight is 422 g/mol. The molecule has 0 aromatic heterocycles. The van der Waals surface area contributed by atoms with Crippen LogP contribution in [0, 0.1) is 0 Å². The van der Waals surface area contributed by atoms with Gasteiger partial charge < -0.3 is 5.32 Å². The molecule has 2 aliphatic rings. The van der Waals surface area contributed by atoms with E-state index in [1.807, 2.05) is 0 Å². The van der Waals surface area contributed by atoms with Gasteiger partial charge in [0, 0.05) is 38.9 Å². The van der Waals surface area contributed by atoms with Crippen LogP contribution >= 0.6 is 0 Å². The number of likely N-dealkylation sites (tertiary alicyclic amines) is 2. The summed E-state index contributed by atoms with van der Waals surface area (Å²) in [5.41, 5.74) is 0. The van der Waals surface area contributed by atoms with Gasteiger partial charge in [-0.3, -0.25) is 24.2 Å². The summed E-state index contributed by atoms with van der Waals surface area (Å²) in [7, 11) is 0. The highest BCUT2D eigenvalue weighted by Gasteiger charge is 2.22. The number of rotatable bonds is 8. The standard InChI is InChI=1S/C23H39N3O4/c27-20(25-18-12-6-3-9-15-21(25)28)14-8-2-1-5-11-17-24-23(30)26-19-13-7-4-10-16-22(26)29/h1-19H2,(H,24,30). The lowest BCUT2D eigenvalue weighted by molar-refractivity contribution is -0.145. The van der Waals surface area contributed by atoms with Crippen LogP contribution < -0.4 is 5.32 Å². The van der Waals surface area contributed by atoms with E-state index in [9.17, 15) is 19.2 Å². The zero-order valence-electron chi connectivity index (χ0n) is 18.5. The Morgan fingerprint density at radius 1 is 0.667 bits per heavy atom. The number of hydrogen-bond acceptors (Lipinski definition) is 4. The number of hydrogen-bond donors (Lipinski definition) is 1. The van der Waals surface area contributed by atoms with Gasteiger partial charge in [-0.15, -0.1) is 0 Å². The fourth-order valence-corrected chi connectivity index (χ4v) is 4.15. The molecule has 0 aromatic carbocycles. The summed E-state index contributed by atoms with van der Waals surface area (Å²) < 4.78 is 0. The van der Waals surface area contributed by atoms with Crippen LogP contribution in [-0.4, -0.2) is 53.2 Å². The average Bonchev–Trinajstić information content (AvgIpc) is 2.69. The molecule has 170 valence electrons. The molecule has 7 nitrogen and oxygen atoms in total. The molecule has 2 rings (SSSR count). The molecule has 0 aromatic rings. The van der Waals surface area contributed by atoms with Crippen molar-refractivity contribution in [2.45, 2.75) is 103 Å². The van der Waals surface area contributed by atoms with E-state index in [-0.39, 0.29) is 23.8 Å². The molecule has 2 heterocycles. The Bertz CT molecular complexity index is 529. The Hall–Kier alpha value is -1.92. The van der Waals surface area contributed by atoms with Crippen molar-refractivity contribution < 1.29 is 19.2 Å². The lowest BCUT2D eigenvalue weighted by Crippen LogP contribution is -2.45. The van der Waals surface area contributed by atoms with Crippen molar-refractivity contribution in [3.8, 4) is 0 Å². The maximum atomic E-state index is 12.3. The molecule has 1 N–H and O–H groups in total. The van der Waals surface area contributed by atoms with E-state index in [0.29, 0.717) is 38.9 Å². The summed E-state index contributed by atoms with van der Waals surface area (Å²) in [6.07, 6.45) is 13.9. The number of nitrogens with zero attached hydrogens (tertiary/aromatic N) is 2. The SMILES string of the molecule is O=C(CCCCCCCNC(=O)N1CCCCCCC1=O)N1CCCCCCC1=O. The number of carbonyl (C=O) groups is 4. The van der Waals surface area contributed by atoms with E-state index in [1.165, 1.54) is 9.80 Å². The number of nitrogens with one attached hydrogen (secondary N) is 1. The number of imide groups is 2. The first-order valence-corrected chi connectivity index (χ1v) is 12.0. The molecule has 0 atom stereocenters. The summed E-state index contributed by atoms with van der Waals surface area (Å²) in [5.74, 6) is -0.0867. The van der Waals surface area contributed by atoms with Crippen LogP contribution in [0.4, 0.5) is 4.79 Å². The molecule has 30 heavy (non-hydrogen) atoms. The highest BCUT2D eigenvalue weighted by molar-refractivity contribution is 5.95. The monoisotopic (exact) mass is 421 g/mol. The second-order valence-corrected chi connectivity index (χ2v) is 8.56. The third-order valence-corrected chi connectivity index (χ3v) is 6.04. The van der Waals surface area contributed by atoms with Gasteiger partial charge in [0.15, 0.2) is 0 Å². The van der Waals surface area contributed by atoms with Crippen LogP contribution in [0.1, 0.15) is 103 Å². The van der Waals surface area contributed by atoms with Crippen molar-refractivity contribution in [1.29, 1.82) is 0 Å². The highest BCUT2D eigenvalue weighted by Crippen LogP contribution is 2.15. The van der Waals surface area contributed by atoms with Gasteiger partial charge in [0.25, 0.3) is 0 Å². The van der Waals surface area contributed by atoms with Crippen molar-refractivity contribution in [1.82, 2.24) is 15.1 Å². The van der Waals surface area contributed by atoms with E-state index < -0.39 is 0 Å². The van der Waals surface area contributed by atoms with E-state index in [0.717, 1.165) is 83.5 Å². The van der Waals surface area contributed by atoms with Gasteiger partial charge in [-0.25, -0.2) is 4.79 Å². The van der Waals surface area contributed by atoms with Gasteiger partial charge in [0.05, 0.1) is 0 Å². The quantitative estimate of drug-likeness (QED) is 0.597. The van der Waals surface area contributed by atoms with Crippen LogP contribution in [-0.2, 0) is 14.4 Å². The van der Waals surface area contributed by atoms with Gasteiger partial charge in [-0.2, -0.15) is 0 Å². The minimum atomic E-state index is -0.259. The first kappa shape index (κ1) is 24.4. The maximum absolute atomic E-state index is 12.3. The molecular formula is C23H39N3O4. The third kappa shape index (κ3) is 8.84. The van der Waals surface area contributed by atoms with Crippen molar-refractivity contribution in [3.63, 3.8) is 0 Å². The Morgan fingerprint density at radius 2 is 1.20 bits per heavy atom. The molecule has 5 amide bonds. The first-order valence-electron chi connectivity index (χ1n) is 12.0. The summed E-state index contributed by atoms with van der Waals surface area (Å²) >= 11 is 0. The maximum Gasteiger partial charge on any atom is 0.324 e. The van der Waals surface area contributed by atoms with Crippen molar-refractivity contribution in [2.24, 2.45) is 0 Å². The van der Waals surface area contributed by atoms with Crippen LogP contribution in [0.5, 0.6) is 0 Å². The fraction of sp³-hybridized carbons (Fsp3) is 0.826. The summed E-state index contributed by atoms with van der Waals surface area (Å²) in [4.78, 5) is 51.5. The molecule has 0 radical (unpaired) electrons. The molecule has 0 unspecified atom stereocenters. The number of urea groups is 1. The van der Waals surface area contributed by atoms with E-state index in [2.05, 4.69) is 5.32 Å². The molecule has 0 saturated carbocycles. The molecule has 2 saturated heterocycles. The van der Waals surface area contributed by atoms with Crippen molar-refractivity contribution in [3.05, 3.63) is 0 Å². The number of amides is 5. The highest BCUT2D eigenvalue weighted by atomic mass is 16.2. The number of unbranched alkanes of at least 4 members (excludes halogenated alkanes) is 4. The molecule has 0 spiro atoms. The van der Waals surface area contributed by atoms with Gasteiger partial charge >= 0.3 is 6.03 Å². The van der Waals surface area contributed by atoms with E-state index in [1.54, 1.807) is 0 Å². The van der Waals surface area contributed by atoms with Crippen molar-refractivity contribution in [2.75, 3.05) is 19.6 Å². The van der Waals surface area contributed by atoms with Crippen LogP contribution in [0.15, 0.2) is 0 Å². The molecule has 7 heteroatoms. The fourth-order valence-electron chi connectivity index (χ4n) is 4.15. The van der Waals surface area contributed by atoms with Crippen LogP contribution in [0.3, 0.4) is 0 Å². The van der Waals surface area contributed by atoms with Gasteiger partial charge in [0.1, 0.15) is 0 Å². The Morgan fingerprint density at radius 3 is 1.90 bits per heavy atom. The Kier molecular flexibility index (Phi) is 11.5. The first-order chi connectivity index (χ1) is 14.6. The largest absolute Gasteiger partial charge is 0.338 e. The minimum absolute atomic E-state index is 0.00560. The topological polar surface area (TPSA) is 86.8 Å². The van der Waals surface area contributed by atoms with Crippen molar-refractivity contribution >= 4 is 23.8 Å². The van der Waals surface area contributed by atoms with Crippen LogP contribution in [0.25, 0.3) is 0 Å². The molecule has 0 bridgehead atoms. The normalized spacial score (nSPS) is 18.9. The summed E-state index contributed by atoms with van der Waals surface area (Å²) in [6.45, 7) is 1.68. The summed E-state index contributed by atoms with van der Waals surface area (Å²) in [6, 6.07) is -0.259. The third-order valence-electron chi connectivity index (χ3n) is 6.04. The second-order valence-electron chi connectivity index (χ2n) is 8.56. The Balaban J connectivity index is 1.52. The second kappa shape index (κ2) is 14.1. The van der Waals surface area contributed by atoms with E-state index >= 15 is 0 Å². The molecular weight excluding hydrogens is 382 g/mol. The molecule has 0 aliphatic carbocycles. The zero-order valence-corrected chi connectivity index (χ0v) is 18.5. The number of carbonyl (C=O) groups excluding carboxylic acids is 4. The minimum Gasteiger partial charge on any atom is -0.338 e. The predicted molar refractivity (Wildman–Crippen MR) is 116 cm³/mol. The van der Waals surface area contributed by atoms with E-state index in [4.69, 9.17) is 0 Å². The lowest BCUT2D eigenvalue weighted by Gasteiger charge is -2.23. The molecule has 2 fully saturated rings. The molecule has 2 aliphatic heterocycles. The summed E-state index contributed by atoms with van der Waals surface area (Å²) in [5, 5.41) is 2.87.